The summed E-state index contributed by atoms with van der Waals surface area (Å²) < 4.78 is 1.98. The van der Waals surface area contributed by atoms with E-state index in [2.05, 4.69) is 27.3 Å². The van der Waals surface area contributed by atoms with Crippen molar-refractivity contribution in [3.63, 3.8) is 0 Å². The van der Waals surface area contributed by atoms with Gasteiger partial charge in [0, 0.05) is 37.8 Å². The fourth-order valence-corrected chi connectivity index (χ4v) is 4.09. The quantitative estimate of drug-likeness (QED) is 0.662. The van der Waals surface area contributed by atoms with E-state index in [1.165, 1.54) is 12.8 Å². The van der Waals surface area contributed by atoms with E-state index in [4.69, 9.17) is 11.6 Å². The molecule has 28 heavy (non-hydrogen) atoms. The molecule has 1 amide bonds. The van der Waals surface area contributed by atoms with E-state index < -0.39 is 0 Å². The number of nitrogens with one attached hydrogen (secondary N) is 1. The van der Waals surface area contributed by atoms with E-state index in [1.54, 1.807) is 0 Å². The molecule has 1 atom stereocenters. The number of nitrogens with zero attached hydrogens (tertiary/aromatic N) is 3. The minimum Gasteiger partial charge on any atom is -0.355 e. The Bertz CT molecular complexity index is 934. The molecule has 0 radical (unpaired) electrons. The molecule has 3 heterocycles. The van der Waals surface area contributed by atoms with E-state index in [0.29, 0.717) is 18.0 Å². The highest BCUT2D eigenvalue weighted by molar-refractivity contribution is 6.30. The lowest BCUT2D eigenvalue weighted by atomic mass is 9.92. The van der Waals surface area contributed by atoms with Gasteiger partial charge in [0.1, 0.15) is 5.65 Å². The second-order valence-corrected chi connectivity index (χ2v) is 7.76. The summed E-state index contributed by atoms with van der Waals surface area (Å²) in [7, 11) is 0. The van der Waals surface area contributed by atoms with Crippen LogP contribution in [0.5, 0.6) is 0 Å². The van der Waals surface area contributed by atoms with Crippen molar-refractivity contribution >= 4 is 23.2 Å². The number of carbonyl (C=O) groups excluding carboxylic acids is 1. The Labute approximate surface area is 170 Å². The maximum Gasteiger partial charge on any atom is 0.221 e. The minimum atomic E-state index is -0.0820. The van der Waals surface area contributed by atoms with Crippen LogP contribution in [0.15, 0.2) is 54.9 Å². The van der Waals surface area contributed by atoms with Crippen LogP contribution in [0.2, 0.25) is 5.02 Å². The zero-order valence-corrected chi connectivity index (χ0v) is 16.6. The van der Waals surface area contributed by atoms with Gasteiger partial charge in [0.05, 0.1) is 10.7 Å². The van der Waals surface area contributed by atoms with Gasteiger partial charge < -0.3 is 14.6 Å². The van der Waals surface area contributed by atoms with Gasteiger partial charge in [-0.1, -0.05) is 41.9 Å². The number of amides is 1. The summed E-state index contributed by atoms with van der Waals surface area (Å²) in [5.74, 6) is -0.0218. The van der Waals surface area contributed by atoms with Crippen LogP contribution in [-0.4, -0.2) is 46.4 Å². The van der Waals surface area contributed by atoms with Gasteiger partial charge in [-0.2, -0.15) is 0 Å². The lowest BCUT2D eigenvalue weighted by molar-refractivity contribution is -0.121. The fourth-order valence-electron chi connectivity index (χ4n) is 3.93. The van der Waals surface area contributed by atoms with Crippen LogP contribution >= 0.6 is 11.6 Å². The molecule has 0 aliphatic carbocycles. The van der Waals surface area contributed by atoms with E-state index >= 15 is 0 Å². The Morgan fingerprint density at radius 2 is 1.93 bits per heavy atom. The van der Waals surface area contributed by atoms with Crippen LogP contribution in [0.4, 0.5) is 0 Å². The average Bonchev–Trinajstić information content (AvgIpc) is 3.36. The van der Waals surface area contributed by atoms with Crippen molar-refractivity contribution in [1.82, 2.24) is 19.6 Å². The molecule has 4 rings (SSSR count). The molecule has 1 saturated heterocycles. The standard InChI is InChI=1S/C22H25ClN4O/c23-18-8-9-21-25-15-20(27(21)16-18)19(17-6-2-1-3-7-17)14-22(28)24-10-13-26-11-4-5-12-26/h1-3,6-9,15-16,19H,4-5,10-14H2,(H,24,28). The van der Waals surface area contributed by atoms with Gasteiger partial charge in [0.25, 0.3) is 0 Å². The fraction of sp³-hybridized carbons (Fsp3) is 0.364. The Morgan fingerprint density at radius 1 is 1.14 bits per heavy atom. The Balaban J connectivity index is 1.52. The SMILES string of the molecule is O=C(CC(c1ccccc1)c1cnc2ccc(Cl)cn12)NCCN1CCCC1. The summed E-state index contributed by atoms with van der Waals surface area (Å²) in [5, 5.41) is 3.74. The molecule has 5 nitrogen and oxygen atoms in total. The molecule has 0 saturated carbocycles. The molecule has 1 aliphatic heterocycles. The Kier molecular flexibility index (Phi) is 5.93. The molecule has 1 unspecified atom stereocenters. The molecule has 146 valence electrons. The molecule has 1 aromatic carbocycles. The first-order chi connectivity index (χ1) is 13.7. The lowest BCUT2D eigenvalue weighted by Crippen LogP contribution is -2.34. The highest BCUT2D eigenvalue weighted by Gasteiger charge is 2.22. The number of carbonyl (C=O) groups is 1. The summed E-state index contributed by atoms with van der Waals surface area (Å²) in [4.78, 5) is 19.6. The van der Waals surface area contributed by atoms with Crippen molar-refractivity contribution in [3.8, 4) is 0 Å². The molecular formula is C22H25ClN4O. The maximum atomic E-state index is 12.7. The predicted molar refractivity (Wildman–Crippen MR) is 112 cm³/mol. The molecule has 1 N–H and O–H groups in total. The van der Waals surface area contributed by atoms with Gasteiger partial charge in [0.2, 0.25) is 5.91 Å². The smallest absolute Gasteiger partial charge is 0.221 e. The highest BCUT2D eigenvalue weighted by atomic mass is 35.5. The average molecular weight is 397 g/mol. The Morgan fingerprint density at radius 3 is 2.71 bits per heavy atom. The van der Waals surface area contributed by atoms with Gasteiger partial charge in [-0.05, 0) is 43.6 Å². The second-order valence-electron chi connectivity index (χ2n) is 7.32. The minimum absolute atomic E-state index is 0.0602. The monoisotopic (exact) mass is 396 g/mol. The molecule has 6 heteroatoms. The lowest BCUT2D eigenvalue weighted by Gasteiger charge is -2.19. The molecule has 0 spiro atoms. The molecule has 2 aromatic heterocycles. The van der Waals surface area contributed by atoms with Crippen molar-refractivity contribution in [2.75, 3.05) is 26.2 Å². The molecule has 1 fully saturated rings. The molecule has 1 aliphatic rings. The first-order valence-electron chi connectivity index (χ1n) is 9.87. The first-order valence-corrected chi connectivity index (χ1v) is 10.2. The number of hydrogen-bond acceptors (Lipinski definition) is 3. The summed E-state index contributed by atoms with van der Waals surface area (Å²) in [6.45, 7) is 3.91. The van der Waals surface area contributed by atoms with E-state index in [0.717, 1.165) is 36.5 Å². The van der Waals surface area contributed by atoms with Crippen molar-refractivity contribution < 1.29 is 4.79 Å². The topological polar surface area (TPSA) is 49.6 Å². The maximum absolute atomic E-state index is 12.7. The number of imidazole rings is 1. The number of hydrogen-bond donors (Lipinski definition) is 1. The van der Waals surface area contributed by atoms with Crippen molar-refractivity contribution in [2.24, 2.45) is 0 Å². The van der Waals surface area contributed by atoms with E-state index in [9.17, 15) is 4.79 Å². The zero-order valence-electron chi connectivity index (χ0n) is 15.9. The summed E-state index contributed by atoms with van der Waals surface area (Å²) in [5.41, 5.74) is 2.90. The number of pyridine rings is 1. The molecular weight excluding hydrogens is 372 g/mol. The van der Waals surface area contributed by atoms with E-state index in [1.807, 2.05) is 47.1 Å². The number of benzene rings is 1. The van der Waals surface area contributed by atoms with Crippen LogP contribution < -0.4 is 5.32 Å². The second kappa shape index (κ2) is 8.76. The van der Waals surface area contributed by atoms with E-state index in [-0.39, 0.29) is 11.8 Å². The van der Waals surface area contributed by atoms with Crippen molar-refractivity contribution in [1.29, 1.82) is 0 Å². The number of fused-ring (bicyclic) bond motifs is 1. The highest BCUT2D eigenvalue weighted by Crippen LogP contribution is 2.29. The third kappa shape index (κ3) is 4.37. The molecule has 0 bridgehead atoms. The van der Waals surface area contributed by atoms with Gasteiger partial charge in [-0.3, -0.25) is 4.79 Å². The van der Waals surface area contributed by atoms with Crippen LogP contribution in [0, 0.1) is 0 Å². The normalized spacial score (nSPS) is 15.8. The van der Waals surface area contributed by atoms with Crippen molar-refractivity contribution in [3.05, 3.63) is 71.1 Å². The predicted octanol–water partition coefficient (Wildman–Crippen LogP) is 3.72. The van der Waals surface area contributed by atoms with Gasteiger partial charge in [-0.15, -0.1) is 0 Å². The van der Waals surface area contributed by atoms with Gasteiger partial charge in [-0.25, -0.2) is 4.98 Å². The number of aromatic nitrogens is 2. The third-order valence-corrected chi connectivity index (χ3v) is 5.62. The summed E-state index contributed by atoms with van der Waals surface area (Å²) in [6.07, 6.45) is 6.62. The van der Waals surface area contributed by atoms with Gasteiger partial charge >= 0.3 is 0 Å². The van der Waals surface area contributed by atoms with Crippen LogP contribution in [-0.2, 0) is 4.79 Å². The Hall–Kier alpha value is -2.37. The van der Waals surface area contributed by atoms with Crippen molar-refractivity contribution in [2.45, 2.75) is 25.2 Å². The largest absolute Gasteiger partial charge is 0.355 e. The zero-order chi connectivity index (χ0) is 19.3. The number of halogens is 1. The van der Waals surface area contributed by atoms with Crippen LogP contribution in [0.3, 0.4) is 0 Å². The summed E-state index contributed by atoms with van der Waals surface area (Å²) in [6, 6.07) is 13.8. The third-order valence-electron chi connectivity index (χ3n) is 5.40. The first kappa shape index (κ1) is 19.0. The summed E-state index contributed by atoms with van der Waals surface area (Å²) >= 11 is 6.20. The number of likely N-dealkylation sites (tertiary alicyclic amines) is 1. The van der Waals surface area contributed by atoms with Gasteiger partial charge in [0.15, 0.2) is 0 Å². The van der Waals surface area contributed by atoms with Crippen LogP contribution in [0.25, 0.3) is 5.65 Å². The van der Waals surface area contributed by atoms with Crippen LogP contribution in [0.1, 0.15) is 36.4 Å². The number of rotatable bonds is 7. The molecule has 3 aromatic rings.